The van der Waals surface area contributed by atoms with Gasteiger partial charge in [0, 0.05) is 0 Å². The topological polar surface area (TPSA) is 75.8 Å². The van der Waals surface area contributed by atoms with Crippen molar-refractivity contribution in [1.29, 1.82) is 0 Å². The van der Waals surface area contributed by atoms with Crippen LogP contribution in [-0.2, 0) is 4.74 Å². The number of hydrogen-bond acceptors (Lipinski definition) is 4. The third kappa shape index (κ3) is 3.54. The number of hydrazine groups is 1. The Morgan fingerprint density at radius 3 is 2.42 bits per heavy atom. The lowest BCUT2D eigenvalue weighted by molar-refractivity contribution is 0.0557. The fourth-order valence-corrected chi connectivity index (χ4v) is 0.476. The van der Waals surface area contributed by atoms with E-state index in [0.29, 0.717) is 0 Å². The molecule has 0 aromatic rings. The predicted molar refractivity (Wildman–Crippen MR) is 44.2 cm³/mol. The van der Waals surface area contributed by atoms with Crippen molar-refractivity contribution < 1.29 is 14.6 Å². The molecule has 0 heterocycles. The fourth-order valence-electron chi connectivity index (χ4n) is 0.476. The summed E-state index contributed by atoms with van der Waals surface area (Å²) in [4.78, 5) is 11.0. The second-order valence-corrected chi connectivity index (χ2v) is 3.38. The minimum Gasteiger partial charge on any atom is -0.446 e. The van der Waals surface area contributed by atoms with Gasteiger partial charge in [0.1, 0.15) is 6.61 Å². The summed E-state index contributed by atoms with van der Waals surface area (Å²) in [7, 11) is 0. The van der Waals surface area contributed by atoms with E-state index in [9.17, 15) is 4.79 Å². The first-order chi connectivity index (χ1) is 5.39. The average Bonchev–Trinajstić information content (AvgIpc) is 1.97. The van der Waals surface area contributed by atoms with Crippen LogP contribution in [0.1, 0.15) is 20.8 Å². The normalized spacial score (nSPS) is 11.1. The van der Waals surface area contributed by atoms with Crippen LogP contribution in [0.5, 0.6) is 0 Å². The molecule has 0 spiro atoms. The molecular weight excluding hydrogens is 160 g/mol. The molecule has 0 unspecified atom stereocenters. The van der Waals surface area contributed by atoms with Crippen molar-refractivity contribution in [2.75, 3.05) is 13.2 Å². The number of amides is 1. The maximum Gasteiger partial charge on any atom is 0.424 e. The van der Waals surface area contributed by atoms with E-state index in [1.807, 2.05) is 0 Å². The van der Waals surface area contributed by atoms with Gasteiger partial charge in [0.15, 0.2) is 0 Å². The number of carbonyl (C=O) groups is 1. The minimum atomic E-state index is -0.628. The molecule has 0 saturated carbocycles. The Morgan fingerprint density at radius 2 is 2.08 bits per heavy atom. The molecule has 5 nitrogen and oxygen atoms in total. The minimum absolute atomic E-state index is 0.0252. The van der Waals surface area contributed by atoms with Crippen LogP contribution in [0.4, 0.5) is 4.79 Å². The van der Waals surface area contributed by atoms with Crippen LogP contribution in [0.15, 0.2) is 0 Å². The first kappa shape index (κ1) is 11.2. The van der Waals surface area contributed by atoms with E-state index in [-0.39, 0.29) is 13.2 Å². The highest BCUT2D eigenvalue weighted by atomic mass is 16.6. The summed E-state index contributed by atoms with van der Waals surface area (Å²) in [6.07, 6.45) is -0.628. The molecule has 5 heteroatoms. The van der Waals surface area contributed by atoms with E-state index in [1.165, 1.54) is 0 Å². The molecule has 0 aliphatic heterocycles. The molecule has 1 amide bonds. The highest BCUT2D eigenvalue weighted by molar-refractivity contribution is 5.67. The van der Waals surface area contributed by atoms with Gasteiger partial charge in [0.05, 0.1) is 12.1 Å². The van der Waals surface area contributed by atoms with Crippen molar-refractivity contribution >= 4 is 6.09 Å². The summed E-state index contributed by atoms with van der Waals surface area (Å²) < 4.78 is 4.59. The molecular formula is C7H16N2O3. The summed E-state index contributed by atoms with van der Waals surface area (Å²) in [6.45, 7) is 5.14. The number of ether oxygens (including phenoxy) is 1. The summed E-state index contributed by atoms with van der Waals surface area (Å²) >= 11 is 0. The average molecular weight is 176 g/mol. The Labute approximate surface area is 72.1 Å². The van der Waals surface area contributed by atoms with Crippen LogP contribution < -0.4 is 5.84 Å². The Kier molecular flexibility index (Phi) is 3.99. The molecule has 3 N–H and O–H groups in total. The van der Waals surface area contributed by atoms with E-state index < -0.39 is 11.6 Å². The summed E-state index contributed by atoms with van der Waals surface area (Å²) in [6, 6.07) is 0. The lowest BCUT2D eigenvalue weighted by atomic mass is 10.1. The maximum absolute atomic E-state index is 11.0. The second kappa shape index (κ2) is 4.27. The molecule has 0 aromatic carbocycles. The van der Waals surface area contributed by atoms with Crippen molar-refractivity contribution in [3.05, 3.63) is 0 Å². The molecule has 0 atom stereocenters. The first-order valence-corrected chi connectivity index (χ1v) is 3.72. The van der Waals surface area contributed by atoms with Gasteiger partial charge < -0.3 is 9.84 Å². The van der Waals surface area contributed by atoms with E-state index >= 15 is 0 Å². The predicted octanol–water partition coefficient (Wildman–Crippen LogP) is 0.0895. The van der Waals surface area contributed by atoms with Gasteiger partial charge in [-0.3, -0.25) is 0 Å². The molecule has 0 saturated heterocycles. The molecule has 0 bridgehead atoms. The molecule has 0 fully saturated rings. The molecule has 72 valence electrons. The molecule has 0 aliphatic carbocycles. The summed E-state index contributed by atoms with van der Waals surface area (Å²) in [5.41, 5.74) is -0.466. The Morgan fingerprint density at radius 1 is 1.58 bits per heavy atom. The van der Waals surface area contributed by atoms with Crippen LogP contribution in [-0.4, -0.2) is 35.0 Å². The summed E-state index contributed by atoms with van der Waals surface area (Å²) in [5.74, 6) is 5.41. The van der Waals surface area contributed by atoms with E-state index in [1.54, 1.807) is 20.8 Å². The largest absolute Gasteiger partial charge is 0.446 e. The smallest absolute Gasteiger partial charge is 0.424 e. The third-order valence-corrected chi connectivity index (χ3v) is 1.24. The standard InChI is InChI=1S/C7H16N2O3/c1-7(2,3)9(8)6(11)12-5-4-10/h10H,4-5,8H2,1-3H3. The number of aliphatic hydroxyl groups is 1. The number of hydrogen-bond donors (Lipinski definition) is 2. The number of aliphatic hydroxyl groups excluding tert-OH is 1. The van der Waals surface area contributed by atoms with Crippen molar-refractivity contribution in [3.63, 3.8) is 0 Å². The van der Waals surface area contributed by atoms with Crippen LogP contribution in [0.3, 0.4) is 0 Å². The number of carbonyl (C=O) groups excluding carboxylic acids is 1. The quantitative estimate of drug-likeness (QED) is 0.355. The van der Waals surface area contributed by atoms with Gasteiger partial charge in [-0.15, -0.1) is 0 Å². The van der Waals surface area contributed by atoms with Crippen molar-refractivity contribution in [1.82, 2.24) is 5.01 Å². The van der Waals surface area contributed by atoms with Crippen molar-refractivity contribution in [2.24, 2.45) is 5.84 Å². The third-order valence-electron chi connectivity index (χ3n) is 1.24. The monoisotopic (exact) mass is 176 g/mol. The van der Waals surface area contributed by atoms with Crippen LogP contribution >= 0.6 is 0 Å². The SMILES string of the molecule is CC(C)(C)N(N)C(=O)OCCO. The first-order valence-electron chi connectivity index (χ1n) is 3.72. The fraction of sp³-hybridized carbons (Fsp3) is 0.857. The number of rotatable bonds is 2. The van der Waals surface area contributed by atoms with Crippen molar-refractivity contribution in [3.8, 4) is 0 Å². The van der Waals surface area contributed by atoms with Gasteiger partial charge in [-0.2, -0.15) is 0 Å². The van der Waals surface area contributed by atoms with Gasteiger partial charge >= 0.3 is 6.09 Å². The number of nitrogens with zero attached hydrogens (tertiary/aromatic N) is 1. The van der Waals surface area contributed by atoms with Gasteiger partial charge in [-0.05, 0) is 20.8 Å². The zero-order valence-electron chi connectivity index (χ0n) is 7.70. The number of nitrogens with two attached hydrogens (primary N) is 1. The highest BCUT2D eigenvalue weighted by Gasteiger charge is 2.24. The van der Waals surface area contributed by atoms with Gasteiger partial charge in [-0.1, -0.05) is 0 Å². The van der Waals surface area contributed by atoms with Crippen LogP contribution in [0.25, 0.3) is 0 Å². The Hall–Kier alpha value is -0.810. The molecule has 0 radical (unpaired) electrons. The van der Waals surface area contributed by atoms with Gasteiger partial charge in [0.2, 0.25) is 0 Å². The van der Waals surface area contributed by atoms with E-state index in [2.05, 4.69) is 4.74 Å². The van der Waals surface area contributed by atoms with Gasteiger partial charge in [0.25, 0.3) is 0 Å². The highest BCUT2D eigenvalue weighted by Crippen LogP contribution is 2.08. The maximum atomic E-state index is 11.0. The lowest BCUT2D eigenvalue weighted by Crippen LogP contribution is -2.50. The zero-order chi connectivity index (χ0) is 9.78. The summed E-state index contributed by atoms with van der Waals surface area (Å²) in [5, 5.41) is 9.35. The van der Waals surface area contributed by atoms with Crippen molar-refractivity contribution in [2.45, 2.75) is 26.3 Å². The second-order valence-electron chi connectivity index (χ2n) is 3.38. The molecule has 0 aliphatic rings. The molecule has 0 rings (SSSR count). The Bertz CT molecular complexity index is 153. The lowest BCUT2D eigenvalue weighted by Gasteiger charge is -2.29. The molecule has 12 heavy (non-hydrogen) atoms. The molecule has 0 aromatic heterocycles. The van der Waals surface area contributed by atoms with Gasteiger partial charge in [-0.25, -0.2) is 15.6 Å². The Balaban J connectivity index is 3.94. The van der Waals surface area contributed by atoms with Crippen LogP contribution in [0, 0.1) is 0 Å². The van der Waals surface area contributed by atoms with E-state index in [0.717, 1.165) is 5.01 Å². The zero-order valence-corrected chi connectivity index (χ0v) is 7.70. The van der Waals surface area contributed by atoms with E-state index in [4.69, 9.17) is 10.9 Å². The van der Waals surface area contributed by atoms with Crippen LogP contribution in [0.2, 0.25) is 0 Å².